The first-order valence-corrected chi connectivity index (χ1v) is 23.8. The monoisotopic (exact) mass is 1000 g/mol. The number of rotatable bonds is 11. The maximum absolute atomic E-state index is 10.7. The van der Waals surface area contributed by atoms with Gasteiger partial charge in [0.1, 0.15) is 15.9 Å². The van der Waals surface area contributed by atoms with Crippen LogP contribution in [0.1, 0.15) is 33.4 Å². The number of aryl methyl sites for hydroxylation is 6. The van der Waals surface area contributed by atoms with Crippen LogP contribution in [0.25, 0.3) is 0 Å². The third-order valence-corrected chi connectivity index (χ3v) is 12.5. The summed E-state index contributed by atoms with van der Waals surface area (Å²) >= 11 is 0. The zero-order chi connectivity index (χ0) is 45.6. The summed E-state index contributed by atoms with van der Waals surface area (Å²) in [7, 11) is -8.11. The summed E-state index contributed by atoms with van der Waals surface area (Å²) in [5, 5.41) is 4.31. The molecule has 1 radical (unpaired) electrons. The molecule has 5 aromatic rings. The van der Waals surface area contributed by atoms with Gasteiger partial charge >= 0.3 is 52.5 Å². The van der Waals surface area contributed by atoms with Gasteiger partial charge in [-0.1, -0.05) is 90.0 Å². The van der Waals surface area contributed by atoms with Gasteiger partial charge in [-0.25, -0.2) is 0 Å². The molecule has 0 bridgehead atoms. The van der Waals surface area contributed by atoms with E-state index in [-0.39, 0.29) is 19.5 Å². The fourth-order valence-electron chi connectivity index (χ4n) is 7.50. The quantitative estimate of drug-likeness (QED) is 0.0567. The summed E-state index contributed by atoms with van der Waals surface area (Å²) in [5.74, 6) is 0. The molecule has 0 atom stereocenters. The van der Waals surface area contributed by atoms with Gasteiger partial charge in [-0.05, 0) is 113 Å². The molecule has 344 valence electrons. The van der Waals surface area contributed by atoms with Crippen LogP contribution in [0.2, 0.25) is 0 Å². The number of halogens is 6. The van der Waals surface area contributed by atoms with E-state index in [2.05, 4.69) is 190 Å². The maximum Gasteiger partial charge on any atom is 0.102 e. The smallest absolute Gasteiger partial charge is 0.0620 e. The molecule has 63 heavy (non-hydrogen) atoms. The van der Waals surface area contributed by atoms with E-state index in [9.17, 15) is 25.2 Å². The van der Waals surface area contributed by atoms with Gasteiger partial charge in [0.05, 0.1) is 21.1 Å². The second kappa shape index (κ2) is 23.3. The third kappa shape index (κ3) is 19.0. The van der Waals surface area contributed by atoms with Crippen LogP contribution < -0.4 is 25.7 Å². The predicted molar refractivity (Wildman–Crippen MR) is 252 cm³/mol. The minimum Gasteiger partial charge on any atom is -0.0620 e. The number of methoxy groups -OCH3 is 2. The number of ether oxygens (including phenoxy) is 2. The number of hydrogen-bond donors (Lipinski definition) is 0. The largest absolute Gasteiger partial charge is 0.102 e. The molecule has 0 amide bonds. The van der Waals surface area contributed by atoms with Crippen molar-refractivity contribution in [3.63, 3.8) is 0 Å². The van der Waals surface area contributed by atoms with Crippen molar-refractivity contribution in [3.05, 3.63) is 174 Å². The van der Waals surface area contributed by atoms with E-state index in [1.54, 1.807) is 14.2 Å². The number of benzene rings is 5. The van der Waals surface area contributed by atoms with Crippen LogP contribution in [0.15, 0.2) is 128 Å². The van der Waals surface area contributed by atoms with Crippen LogP contribution in [0.3, 0.4) is 0 Å². The number of nitrogens with zero attached hydrogens (tertiary/aromatic N) is 4. The summed E-state index contributed by atoms with van der Waals surface area (Å²) in [6.07, 6.45) is 4.07. The summed E-state index contributed by atoms with van der Waals surface area (Å²) in [6.45, 7) is 22.9. The molecule has 5 aromatic carbocycles. The Morgan fingerprint density at radius 3 is 1.06 bits per heavy atom. The third-order valence-electron chi connectivity index (χ3n) is 9.75. The van der Waals surface area contributed by atoms with Crippen molar-refractivity contribution in [1.82, 2.24) is 9.80 Å². The molecular weight excluding hydrogens is 942 g/mol. The zero-order valence-electron chi connectivity index (χ0n) is 37.2. The van der Waals surface area contributed by atoms with E-state index < -0.39 is 15.7 Å². The molecule has 6 nitrogen and oxygen atoms in total. The minimum atomic E-state index is -10.7. The summed E-state index contributed by atoms with van der Waals surface area (Å²) in [5.41, 5.74) is 10.8. The Balaban J connectivity index is 0.000000239. The van der Waals surface area contributed by atoms with E-state index in [0.717, 1.165) is 39.4 Å². The molecule has 7 rings (SSSR count). The van der Waals surface area contributed by atoms with Crippen LogP contribution in [0, 0.1) is 54.9 Å². The molecule has 0 aliphatic carbocycles. The Hall–Kier alpha value is -3.98. The van der Waals surface area contributed by atoms with E-state index in [4.69, 9.17) is 9.47 Å². The van der Waals surface area contributed by atoms with E-state index in [0.29, 0.717) is 0 Å². The maximum atomic E-state index is 9.87. The molecule has 2 aliphatic heterocycles. The number of hydrogen-bond acceptors (Lipinski definition) is 6. The van der Waals surface area contributed by atoms with Gasteiger partial charge in [0.15, 0.2) is 0 Å². The van der Waals surface area contributed by atoms with Gasteiger partial charge in [0, 0.05) is 51.8 Å². The fourth-order valence-corrected chi connectivity index (χ4v) is 10.1. The van der Waals surface area contributed by atoms with E-state index >= 15 is 0 Å². The van der Waals surface area contributed by atoms with Crippen LogP contribution in [-0.4, -0.2) is 63.4 Å². The Kier molecular flexibility index (Phi) is 19.7. The minimum absolute atomic E-state index is 0. The van der Waals surface area contributed by atoms with Crippen molar-refractivity contribution in [2.75, 3.05) is 63.4 Å². The summed E-state index contributed by atoms with van der Waals surface area (Å²) in [4.78, 5) is 9.00. The van der Waals surface area contributed by atoms with Gasteiger partial charge in [0.25, 0.3) is 0 Å². The summed E-state index contributed by atoms with van der Waals surface area (Å²) < 4.78 is 69.2. The molecule has 1 saturated heterocycles. The zero-order valence-corrected chi connectivity index (χ0v) is 41.0. The Morgan fingerprint density at radius 2 is 0.794 bits per heavy atom. The van der Waals surface area contributed by atoms with E-state index in [1.165, 1.54) is 60.7 Å². The Morgan fingerprint density at radius 1 is 0.508 bits per heavy atom. The molecule has 15 heteroatoms. The van der Waals surface area contributed by atoms with Crippen molar-refractivity contribution in [1.29, 1.82) is 0 Å². The van der Waals surface area contributed by atoms with Crippen molar-refractivity contribution in [3.8, 4) is 0 Å². The van der Waals surface area contributed by atoms with Crippen LogP contribution >= 0.6 is 15.7 Å². The van der Waals surface area contributed by atoms with Crippen molar-refractivity contribution < 1.29 is 54.1 Å². The van der Waals surface area contributed by atoms with Crippen LogP contribution in [0.4, 0.5) is 36.6 Å². The van der Waals surface area contributed by atoms with Crippen LogP contribution in [0.5, 0.6) is 0 Å². The molecule has 0 aromatic heterocycles. The molecule has 0 saturated carbocycles. The van der Waals surface area contributed by atoms with Gasteiger partial charge in [0.2, 0.25) is 0 Å². The van der Waals surface area contributed by atoms with Crippen molar-refractivity contribution in [2.45, 2.75) is 41.5 Å². The fraction of sp³-hybridized carbons (Fsp3) is 0.292. The number of anilines is 2. The normalized spacial score (nSPS) is 14.4. The molecule has 0 unspecified atom stereocenters. The second-order valence-corrected chi connectivity index (χ2v) is 19.7. The van der Waals surface area contributed by atoms with E-state index in [1.807, 2.05) is 12.4 Å². The van der Waals surface area contributed by atoms with Crippen LogP contribution in [-0.2, 0) is 29.0 Å². The topological polar surface area (TPSA) is 31.4 Å². The molecule has 0 N–H and O–H groups in total. The molecule has 2 heterocycles. The summed E-state index contributed by atoms with van der Waals surface area (Å²) in [6, 6.07) is 41.6. The van der Waals surface area contributed by atoms with Gasteiger partial charge in [-0.3, -0.25) is 0 Å². The Labute approximate surface area is 384 Å². The SMILES string of the molecule is COCCN1C=CN(CCOC)[CH-]1.Cc1cc(C)c(N2[CH-]N(c3c(C)cc(C)cc3C)CC2)c(C)c1.F[P-](F)(F)(F)(F)F.[RuH+3].c1ccc([PH+](c2ccccc2)c2ccccc2)cc1. The molecule has 1 fully saturated rings. The standard InChI is InChI=1S/C21H27N2.C18H15P.C9H17N2O2.F6P.Ru.H/c1-14-9-16(3)20(17(4)10-14)22-7-8-23(13-22)21-18(5)11-15(2)12-19(21)6;1-4-10-16(11-5-1)19(17-12-6-2-7-13-17)18-14-8-3-9-15-18;1-12-7-5-10-3-4-11(9-10)6-8-13-2;1-7(2,3,4,5)6;;/h9-13H,7-8H2,1-6H3;1-15H;3-4,9H,5-8H2,1-2H3;;;/q-1;;2*-1;+3;/p+1. The van der Waals surface area contributed by atoms with Crippen molar-refractivity contribution >= 4 is 43.0 Å². The van der Waals surface area contributed by atoms with Gasteiger partial charge < -0.3 is 29.1 Å². The Bertz CT molecular complexity index is 1960. The molecule has 0 spiro atoms. The first kappa shape index (κ1) is 53.4. The van der Waals surface area contributed by atoms with Gasteiger partial charge in [-0.2, -0.15) is 13.3 Å². The first-order valence-electron chi connectivity index (χ1n) is 20.3. The molecule has 2 aliphatic rings. The average molecular weight is 1000 g/mol. The second-order valence-electron chi connectivity index (χ2n) is 15.3. The van der Waals surface area contributed by atoms with Gasteiger partial charge in [-0.15, -0.1) is 0 Å². The first-order chi connectivity index (χ1) is 29.1. The predicted octanol–water partition coefficient (Wildman–Crippen LogP) is 11.8. The average Bonchev–Trinajstić information content (AvgIpc) is 3.86. The van der Waals surface area contributed by atoms with Crippen molar-refractivity contribution in [2.24, 2.45) is 0 Å². The molecular formula is C48H61F6N4O2P2Ru+.